The van der Waals surface area contributed by atoms with Crippen LogP contribution >= 0.6 is 11.8 Å². The van der Waals surface area contributed by atoms with Crippen molar-refractivity contribution in [2.45, 2.75) is 0 Å². The molecule has 0 aromatic carbocycles. The summed E-state index contributed by atoms with van der Waals surface area (Å²) in [7, 11) is -3.15. The monoisotopic (exact) mass is 191 g/mol. The summed E-state index contributed by atoms with van der Waals surface area (Å²) in [6.45, 7) is 0. The Labute approximate surface area is 85.4 Å². The van der Waals surface area contributed by atoms with Crippen molar-refractivity contribution in [3.63, 3.8) is 0 Å². The first-order valence-corrected chi connectivity index (χ1v) is 4.73. The first kappa shape index (κ1) is 10.2. The van der Waals surface area contributed by atoms with Crippen LogP contribution in [-0.2, 0) is 22.7 Å². The minimum Gasteiger partial charge on any atom is -0.752 e. The summed E-state index contributed by atoms with van der Waals surface area (Å²) < 4.78 is 24.1. The van der Waals surface area contributed by atoms with Crippen molar-refractivity contribution in [3.05, 3.63) is 0 Å². The maximum absolute atomic E-state index is 10.4. The summed E-state index contributed by atoms with van der Waals surface area (Å²) in [5.41, 5.74) is 0. The molecule has 1 heterocycles. The van der Waals surface area contributed by atoms with Gasteiger partial charge >= 0.3 is 29.6 Å². The van der Waals surface area contributed by atoms with Crippen LogP contribution in [0.4, 0.5) is 0 Å². The molecular weight excluding hydrogens is 189 g/mol. The smallest absolute Gasteiger partial charge is 0.752 e. The van der Waals surface area contributed by atoms with Crippen LogP contribution in [0, 0.1) is 0 Å². The summed E-state index contributed by atoms with van der Waals surface area (Å²) in [5.74, 6) is 0. The number of sulfonamides is 1. The number of nitrogens with zero attached hydrogens (tertiary/aromatic N) is 1. The van der Waals surface area contributed by atoms with Crippen molar-refractivity contribution in [1.82, 2.24) is 0 Å². The fraction of sp³-hybridized carbons (Fsp3) is 0.500. The van der Waals surface area contributed by atoms with Crippen molar-refractivity contribution in [2.24, 2.45) is 4.40 Å². The van der Waals surface area contributed by atoms with Gasteiger partial charge in [0.25, 0.3) is 10.0 Å². The van der Waals surface area contributed by atoms with Gasteiger partial charge in [-0.1, -0.05) is 0 Å². The molecule has 0 radical (unpaired) electrons. The van der Waals surface area contributed by atoms with E-state index < -0.39 is 10.0 Å². The molecule has 9 heavy (non-hydrogen) atoms. The van der Waals surface area contributed by atoms with Gasteiger partial charge in [0.1, 0.15) is 5.08 Å². The van der Waals surface area contributed by atoms with E-state index in [2.05, 4.69) is 17.0 Å². The third-order valence-electron chi connectivity index (χ3n) is 0.545. The molecule has 1 aliphatic rings. The molecular formula is C2H2NNaO2S3. The van der Waals surface area contributed by atoms with Gasteiger partial charge in [-0.05, 0) is 4.38 Å². The van der Waals surface area contributed by atoms with Gasteiger partial charge < -0.3 is 12.6 Å². The molecule has 0 bridgehead atoms. The van der Waals surface area contributed by atoms with Crippen molar-refractivity contribution in [3.8, 4) is 0 Å². The number of thioether (sulfide) groups is 1. The molecule has 0 atom stereocenters. The van der Waals surface area contributed by atoms with Gasteiger partial charge in [0.05, 0.1) is 0 Å². The summed E-state index contributed by atoms with van der Waals surface area (Å²) in [4.78, 5) is 0. The Morgan fingerprint density at radius 3 is 2.33 bits per heavy atom. The first-order valence-electron chi connectivity index (χ1n) is 1.73. The van der Waals surface area contributed by atoms with Gasteiger partial charge in [0.15, 0.2) is 0 Å². The Morgan fingerprint density at radius 1 is 1.67 bits per heavy atom. The predicted octanol–water partition coefficient (Wildman–Crippen LogP) is -3.07. The molecule has 0 saturated carbocycles. The standard InChI is InChI=1S/C2H3NO2S3.Na/c4-8(5)1-7-2(6)3-8;/h1H2,(H,3,6);/q;+1/p-1. The molecule has 0 fully saturated rings. The van der Waals surface area contributed by atoms with Gasteiger partial charge in [-0.3, -0.25) is 0 Å². The Kier molecular flexibility index (Phi) is 4.01. The third kappa shape index (κ3) is 3.20. The molecule has 0 unspecified atom stereocenters. The second kappa shape index (κ2) is 3.54. The molecule has 0 N–H and O–H groups in total. The fourth-order valence-corrected chi connectivity index (χ4v) is 3.05. The van der Waals surface area contributed by atoms with Crippen molar-refractivity contribution in [2.75, 3.05) is 5.08 Å². The minimum atomic E-state index is -3.15. The molecule has 0 aromatic rings. The fourth-order valence-electron chi connectivity index (χ4n) is 0.291. The van der Waals surface area contributed by atoms with Crippen LogP contribution < -0.4 is 29.6 Å². The van der Waals surface area contributed by atoms with E-state index in [-0.39, 0.29) is 39.0 Å². The van der Waals surface area contributed by atoms with Crippen LogP contribution in [0.2, 0.25) is 0 Å². The van der Waals surface area contributed by atoms with Gasteiger partial charge in [0.2, 0.25) is 0 Å². The molecule has 0 aromatic heterocycles. The molecule has 0 spiro atoms. The minimum absolute atomic E-state index is 0. The number of hydrogen-bond donors (Lipinski definition) is 0. The average Bonchev–Trinajstić information content (AvgIpc) is 1.82. The molecule has 46 valence electrons. The van der Waals surface area contributed by atoms with Crippen molar-refractivity contribution in [1.29, 1.82) is 0 Å². The Hall–Kier alpha value is 1.19. The summed E-state index contributed by atoms with van der Waals surface area (Å²) >= 11 is 5.57. The molecule has 0 amide bonds. The first-order chi connectivity index (χ1) is 3.60. The van der Waals surface area contributed by atoms with Crippen LogP contribution in [0.5, 0.6) is 0 Å². The molecule has 0 aliphatic carbocycles. The van der Waals surface area contributed by atoms with E-state index in [0.717, 1.165) is 11.8 Å². The van der Waals surface area contributed by atoms with Gasteiger partial charge in [0, 0.05) is 0 Å². The Bertz CT molecular complexity index is 220. The van der Waals surface area contributed by atoms with E-state index in [1.54, 1.807) is 0 Å². The van der Waals surface area contributed by atoms with E-state index in [1.165, 1.54) is 0 Å². The van der Waals surface area contributed by atoms with E-state index in [1.807, 2.05) is 0 Å². The van der Waals surface area contributed by atoms with Gasteiger partial charge in [-0.2, -0.15) is 4.40 Å². The average molecular weight is 191 g/mol. The maximum atomic E-state index is 10.4. The SMILES string of the molecule is O=S1(=O)CSC([S-])=N1.[Na+]. The topological polar surface area (TPSA) is 46.5 Å². The maximum Gasteiger partial charge on any atom is 1.00 e. The third-order valence-corrected chi connectivity index (χ3v) is 3.68. The normalized spacial score (nSPS) is 22.4. The van der Waals surface area contributed by atoms with Gasteiger partial charge in [-0.25, -0.2) is 8.42 Å². The van der Waals surface area contributed by atoms with Crippen LogP contribution in [0.1, 0.15) is 0 Å². The van der Waals surface area contributed by atoms with E-state index >= 15 is 0 Å². The van der Waals surface area contributed by atoms with Crippen molar-refractivity contribution < 1.29 is 38.0 Å². The van der Waals surface area contributed by atoms with E-state index in [4.69, 9.17) is 0 Å². The second-order valence-electron chi connectivity index (χ2n) is 1.20. The second-order valence-corrected chi connectivity index (χ2v) is 4.81. The quantitative estimate of drug-likeness (QED) is 0.301. The van der Waals surface area contributed by atoms with Crippen LogP contribution in [0.3, 0.4) is 0 Å². The molecule has 1 aliphatic heterocycles. The zero-order valence-corrected chi connectivity index (χ0v) is 9.15. The zero-order valence-electron chi connectivity index (χ0n) is 4.70. The summed E-state index contributed by atoms with van der Waals surface area (Å²) in [6.07, 6.45) is 0. The summed E-state index contributed by atoms with van der Waals surface area (Å²) in [6, 6.07) is 0. The van der Waals surface area contributed by atoms with E-state index in [0.29, 0.717) is 0 Å². The Morgan fingerprint density at radius 2 is 2.22 bits per heavy atom. The van der Waals surface area contributed by atoms with Crippen LogP contribution in [-0.4, -0.2) is 17.9 Å². The zero-order chi connectivity index (χ0) is 6.20. The van der Waals surface area contributed by atoms with Crippen LogP contribution in [0.15, 0.2) is 4.40 Å². The Balaban J connectivity index is 0.000000640. The van der Waals surface area contributed by atoms with Crippen molar-refractivity contribution >= 4 is 38.8 Å². The van der Waals surface area contributed by atoms with Crippen LogP contribution in [0.25, 0.3) is 0 Å². The van der Waals surface area contributed by atoms with Gasteiger partial charge in [-0.15, -0.1) is 11.8 Å². The number of rotatable bonds is 0. The summed E-state index contributed by atoms with van der Waals surface area (Å²) in [5, 5.41) is 0.0197. The predicted molar refractivity (Wildman–Crippen MR) is 36.2 cm³/mol. The molecule has 0 saturated heterocycles. The number of hydrogen-bond acceptors (Lipinski definition) is 4. The molecule has 3 nitrogen and oxygen atoms in total. The largest absolute Gasteiger partial charge is 1.00 e. The molecule has 1 rings (SSSR count). The van der Waals surface area contributed by atoms with E-state index in [9.17, 15) is 8.42 Å². The molecule has 7 heteroatoms.